The number of rotatable bonds is 3. The lowest BCUT2D eigenvalue weighted by Gasteiger charge is -1.89. The molecule has 1 aromatic rings. The van der Waals surface area contributed by atoms with Crippen LogP contribution in [-0.4, -0.2) is 17.0 Å². The third-order valence-electron chi connectivity index (χ3n) is 1.05. The minimum atomic E-state index is 1.09. The number of thioether (sulfide) groups is 1. The molecule has 0 atom stereocenters. The summed E-state index contributed by atoms with van der Waals surface area (Å²) >= 11 is 6.95. The summed E-state index contributed by atoms with van der Waals surface area (Å²) in [6.07, 6.45) is 5.07. The molecule has 0 aliphatic rings. The highest BCUT2D eigenvalue weighted by Gasteiger charge is 1.97. The van der Waals surface area contributed by atoms with Gasteiger partial charge in [-0.3, -0.25) is 0 Å². The minimum Gasteiger partial charge on any atom is -0.248 e. The summed E-state index contributed by atoms with van der Waals surface area (Å²) in [5, 5.41) is 1.22. The Labute approximate surface area is 77.4 Å². The maximum atomic E-state index is 4.21. The van der Waals surface area contributed by atoms with E-state index >= 15 is 0 Å². The quantitative estimate of drug-likeness (QED) is 0.803. The predicted octanol–water partition coefficient (Wildman–Crippen LogP) is 2.81. The number of aromatic nitrogens is 1. The summed E-state index contributed by atoms with van der Waals surface area (Å²) in [7, 11) is 0. The lowest BCUT2D eigenvalue weighted by atomic mass is 10.5. The molecule has 1 aromatic heterocycles. The molecule has 56 valence electrons. The van der Waals surface area contributed by atoms with E-state index in [9.17, 15) is 0 Å². The van der Waals surface area contributed by atoms with Gasteiger partial charge in [0, 0.05) is 6.42 Å². The maximum Gasteiger partial charge on any atom is 0.0945 e. The van der Waals surface area contributed by atoms with Crippen LogP contribution in [0.1, 0.15) is 5.01 Å². The van der Waals surface area contributed by atoms with Crippen LogP contribution in [0.2, 0.25) is 0 Å². The molecule has 0 fully saturated rings. The summed E-state index contributed by atoms with van der Waals surface area (Å²) < 4.78 is 1.13. The molecule has 0 N–H and O–H groups in total. The van der Waals surface area contributed by atoms with E-state index in [0.29, 0.717) is 0 Å². The van der Waals surface area contributed by atoms with E-state index in [1.165, 1.54) is 10.8 Å². The third-order valence-corrected chi connectivity index (χ3v) is 3.19. The Bertz CT molecular complexity index is 199. The second-order valence-electron chi connectivity index (χ2n) is 1.80. The number of hydrogen-bond donors (Lipinski definition) is 0. The maximum absolute atomic E-state index is 4.21. The van der Waals surface area contributed by atoms with Gasteiger partial charge in [-0.1, -0.05) is 0 Å². The molecule has 1 rings (SSSR count). The van der Waals surface area contributed by atoms with E-state index in [4.69, 9.17) is 0 Å². The van der Waals surface area contributed by atoms with Crippen LogP contribution >= 0.6 is 39.0 Å². The summed E-state index contributed by atoms with van der Waals surface area (Å²) in [4.78, 5) is 4.21. The predicted molar refractivity (Wildman–Crippen MR) is 51.9 cm³/mol. The zero-order valence-electron chi connectivity index (χ0n) is 5.63. The molecule has 0 saturated heterocycles. The van der Waals surface area contributed by atoms with E-state index in [2.05, 4.69) is 27.2 Å². The molecule has 4 heteroatoms. The van der Waals surface area contributed by atoms with Crippen molar-refractivity contribution in [2.75, 3.05) is 12.0 Å². The van der Waals surface area contributed by atoms with Gasteiger partial charge in [0.05, 0.1) is 15.0 Å². The first-order chi connectivity index (χ1) is 4.83. The van der Waals surface area contributed by atoms with Crippen LogP contribution in [0.4, 0.5) is 0 Å². The van der Waals surface area contributed by atoms with Gasteiger partial charge in [-0.15, -0.1) is 11.3 Å². The molecule has 0 unspecified atom stereocenters. The summed E-state index contributed by atoms with van der Waals surface area (Å²) in [6.45, 7) is 0. The van der Waals surface area contributed by atoms with E-state index in [-0.39, 0.29) is 0 Å². The van der Waals surface area contributed by atoms with Crippen molar-refractivity contribution in [1.82, 2.24) is 4.98 Å². The number of halogens is 1. The highest BCUT2D eigenvalue weighted by atomic mass is 79.9. The van der Waals surface area contributed by atoms with Crippen LogP contribution in [0.3, 0.4) is 0 Å². The first-order valence-electron chi connectivity index (χ1n) is 2.92. The molecule has 0 radical (unpaired) electrons. The lowest BCUT2D eigenvalue weighted by molar-refractivity contribution is 1.11. The van der Waals surface area contributed by atoms with Gasteiger partial charge in [-0.2, -0.15) is 11.8 Å². The van der Waals surface area contributed by atoms with Gasteiger partial charge >= 0.3 is 0 Å². The molecule has 0 aromatic carbocycles. The number of aryl methyl sites for hydroxylation is 1. The fourth-order valence-corrected chi connectivity index (χ4v) is 2.42. The number of hydrogen-bond acceptors (Lipinski definition) is 3. The second kappa shape index (κ2) is 4.36. The highest BCUT2D eigenvalue weighted by molar-refractivity contribution is 9.11. The van der Waals surface area contributed by atoms with Crippen LogP contribution in [0.25, 0.3) is 0 Å². The van der Waals surface area contributed by atoms with Crippen molar-refractivity contribution >= 4 is 39.0 Å². The van der Waals surface area contributed by atoms with Crippen LogP contribution in [0.15, 0.2) is 9.98 Å². The Morgan fingerprint density at radius 1 is 1.80 bits per heavy atom. The smallest absolute Gasteiger partial charge is 0.0945 e. The van der Waals surface area contributed by atoms with E-state index in [0.717, 1.165) is 10.2 Å². The molecule has 1 nitrogen and oxygen atoms in total. The number of nitrogens with zero attached hydrogens (tertiary/aromatic N) is 1. The minimum absolute atomic E-state index is 1.09. The Morgan fingerprint density at radius 3 is 3.10 bits per heavy atom. The molecule has 10 heavy (non-hydrogen) atoms. The van der Waals surface area contributed by atoms with Crippen molar-refractivity contribution in [3.05, 3.63) is 15.0 Å². The molecule has 0 saturated carbocycles. The Morgan fingerprint density at radius 2 is 2.60 bits per heavy atom. The average molecular weight is 238 g/mol. The fraction of sp³-hybridized carbons (Fsp3) is 0.500. The van der Waals surface area contributed by atoms with Crippen LogP contribution in [0.5, 0.6) is 0 Å². The van der Waals surface area contributed by atoms with Crippen molar-refractivity contribution < 1.29 is 0 Å². The zero-order chi connectivity index (χ0) is 7.40. The third kappa shape index (κ3) is 2.60. The Hall–Kier alpha value is 0.460. The van der Waals surface area contributed by atoms with Gasteiger partial charge in [0.25, 0.3) is 0 Å². The molecule has 1 heterocycles. The van der Waals surface area contributed by atoms with E-state index in [1.54, 1.807) is 11.3 Å². The van der Waals surface area contributed by atoms with Gasteiger partial charge in [-0.25, -0.2) is 4.98 Å². The lowest BCUT2D eigenvalue weighted by Crippen LogP contribution is -1.84. The van der Waals surface area contributed by atoms with E-state index in [1.807, 2.05) is 18.0 Å². The van der Waals surface area contributed by atoms with Gasteiger partial charge in [0.1, 0.15) is 0 Å². The molecule has 0 amide bonds. The summed E-state index contributed by atoms with van der Waals surface area (Å²) in [5.41, 5.74) is 0. The summed E-state index contributed by atoms with van der Waals surface area (Å²) in [6, 6.07) is 0. The van der Waals surface area contributed by atoms with Gasteiger partial charge in [0.15, 0.2) is 0 Å². The fourth-order valence-electron chi connectivity index (χ4n) is 0.593. The number of thiazole rings is 1. The monoisotopic (exact) mass is 237 g/mol. The van der Waals surface area contributed by atoms with Crippen molar-refractivity contribution in [3.63, 3.8) is 0 Å². The van der Waals surface area contributed by atoms with Gasteiger partial charge in [0.2, 0.25) is 0 Å². The normalized spacial score (nSPS) is 10.2. The molecule has 0 bridgehead atoms. The molecular weight excluding hydrogens is 230 g/mol. The zero-order valence-corrected chi connectivity index (χ0v) is 8.85. The van der Waals surface area contributed by atoms with Crippen molar-refractivity contribution in [2.45, 2.75) is 6.42 Å². The molecule has 0 aliphatic carbocycles. The topological polar surface area (TPSA) is 12.9 Å². The first-order valence-corrected chi connectivity index (χ1v) is 5.92. The standard InChI is InChI=1S/C6H8BrNS2/c1-9-3-2-6-8-4-5(7)10-6/h4H,2-3H2,1H3. The molecular formula is C6H8BrNS2. The SMILES string of the molecule is CSCCc1ncc(Br)s1. The summed E-state index contributed by atoms with van der Waals surface area (Å²) in [5.74, 6) is 1.17. The van der Waals surface area contributed by atoms with Crippen molar-refractivity contribution in [3.8, 4) is 0 Å². The molecule has 0 aliphatic heterocycles. The van der Waals surface area contributed by atoms with Gasteiger partial charge < -0.3 is 0 Å². The van der Waals surface area contributed by atoms with Gasteiger partial charge in [-0.05, 0) is 27.9 Å². The Balaban J connectivity index is 2.42. The van der Waals surface area contributed by atoms with Crippen molar-refractivity contribution in [2.24, 2.45) is 0 Å². The highest BCUT2D eigenvalue weighted by Crippen LogP contribution is 2.19. The van der Waals surface area contributed by atoms with Crippen LogP contribution in [0, 0.1) is 0 Å². The van der Waals surface area contributed by atoms with Crippen LogP contribution in [-0.2, 0) is 6.42 Å². The second-order valence-corrected chi connectivity index (χ2v) is 5.28. The average Bonchev–Trinajstić information content (AvgIpc) is 2.31. The van der Waals surface area contributed by atoms with Crippen molar-refractivity contribution in [1.29, 1.82) is 0 Å². The van der Waals surface area contributed by atoms with E-state index < -0.39 is 0 Å². The largest absolute Gasteiger partial charge is 0.248 e. The van der Waals surface area contributed by atoms with Crippen LogP contribution < -0.4 is 0 Å². The first kappa shape index (κ1) is 8.56. The Kier molecular flexibility index (Phi) is 3.73. The molecule has 0 spiro atoms.